The highest BCUT2D eigenvalue weighted by atomic mass is 32.2. The number of esters is 1. The zero-order valence-electron chi connectivity index (χ0n) is 24.2. The maximum absolute atomic E-state index is 12.7. The van der Waals surface area contributed by atoms with Crippen LogP contribution in [0, 0.1) is 0 Å². The van der Waals surface area contributed by atoms with Crippen molar-refractivity contribution in [2.45, 2.75) is 142 Å². The summed E-state index contributed by atoms with van der Waals surface area (Å²) in [5.74, 6) is -1.35. The van der Waals surface area contributed by atoms with Crippen molar-refractivity contribution in [1.29, 1.82) is 0 Å². The molecule has 0 fully saturated rings. The molecular weight excluding hydrogens is 504 g/mol. The number of thioether (sulfide) groups is 1. The van der Waals surface area contributed by atoms with Gasteiger partial charge in [-0.25, -0.2) is 4.79 Å². The number of methoxy groups -OCH3 is 1. The van der Waals surface area contributed by atoms with E-state index in [2.05, 4.69) is 22.3 Å². The minimum absolute atomic E-state index is 0.0765. The number of amides is 2. The summed E-state index contributed by atoms with van der Waals surface area (Å²) >= 11 is 1.59. The van der Waals surface area contributed by atoms with Crippen LogP contribution in [0.15, 0.2) is 0 Å². The Bertz CT molecular complexity index is 647. The fourth-order valence-electron chi connectivity index (χ4n) is 4.31. The first-order valence-corrected chi connectivity index (χ1v) is 15.9. The number of carboxylic acid groups (broad SMARTS) is 1. The lowest BCUT2D eigenvalue weighted by atomic mass is 10.0. The Kier molecular flexibility index (Phi) is 24.3. The van der Waals surface area contributed by atoms with Gasteiger partial charge in [0, 0.05) is 19.1 Å². The van der Waals surface area contributed by atoms with E-state index in [0.717, 1.165) is 18.6 Å². The molecule has 9 heteroatoms. The molecule has 0 aromatic rings. The number of unbranched alkanes of at least 4 members (excludes halogenated alkanes) is 15. The Hall–Kier alpha value is -1.77. The molecule has 0 saturated heterocycles. The summed E-state index contributed by atoms with van der Waals surface area (Å²) in [5.41, 5.74) is 0. The first kappa shape index (κ1) is 36.2. The van der Waals surface area contributed by atoms with Crippen molar-refractivity contribution < 1.29 is 29.0 Å². The van der Waals surface area contributed by atoms with Crippen molar-refractivity contribution in [3.05, 3.63) is 0 Å². The van der Waals surface area contributed by atoms with Crippen molar-refractivity contribution >= 4 is 35.5 Å². The molecule has 0 heterocycles. The number of ether oxygens (including phenoxy) is 1. The normalized spacial score (nSPS) is 12.5. The lowest BCUT2D eigenvalue weighted by Gasteiger charge is -2.21. The van der Waals surface area contributed by atoms with E-state index in [9.17, 15) is 19.2 Å². The highest BCUT2D eigenvalue weighted by Gasteiger charge is 2.27. The first-order chi connectivity index (χ1) is 18.3. The van der Waals surface area contributed by atoms with Crippen molar-refractivity contribution in [3.8, 4) is 0 Å². The second-order valence-electron chi connectivity index (χ2n) is 10.1. The Labute approximate surface area is 235 Å². The van der Waals surface area contributed by atoms with Crippen LogP contribution in [0.5, 0.6) is 0 Å². The molecule has 2 amide bonds. The summed E-state index contributed by atoms with van der Waals surface area (Å²) in [5, 5.41) is 14.0. The van der Waals surface area contributed by atoms with E-state index in [1.807, 2.05) is 0 Å². The minimum atomic E-state index is -1.07. The quantitative estimate of drug-likeness (QED) is 0.0878. The molecule has 8 nitrogen and oxygen atoms in total. The van der Waals surface area contributed by atoms with Gasteiger partial charge in [-0.15, -0.1) is 0 Å². The molecule has 0 aliphatic rings. The number of carbonyl (C=O) groups is 4. The van der Waals surface area contributed by atoms with Crippen LogP contribution in [-0.4, -0.2) is 59.6 Å². The number of carbonyl (C=O) groups excluding carboxylic acids is 3. The van der Waals surface area contributed by atoms with Gasteiger partial charge in [-0.2, -0.15) is 11.8 Å². The van der Waals surface area contributed by atoms with E-state index in [4.69, 9.17) is 5.11 Å². The molecule has 0 radical (unpaired) electrons. The number of hydrogen-bond acceptors (Lipinski definition) is 6. The lowest BCUT2D eigenvalue weighted by molar-refractivity contribution is -0.146. The maximum Gasteiger partial charge on any atom is 0.328 e. The van der Waals surface area contributed by atoms with E-state index < -0.39 is 29.9 Å². The van der Waals surface area contributed by atoms with Crippen LogP contribution in [-0.2, 0) is 23.9 Å². The predicted octanol–water partition coefficient (Wildman–Crippen LogP) is 6.01. The molecule has 0 bridgehead atoms. The SMILES string of the molecule is CCCCCCCCCCCCCCCCCCSC[C@@H](NC(C)=O)C(=O)N[C@@H](CCC(=O)O)C(=O)OC. The molecule has 0 aromatic heterocycles. The van der Waals surface area contributed by atoms with Crippen LogP contribution >= 0.6 is 11.8 Å². The van der Waals surface area contributed by atoms with E-state index in [1.165, 1.54) is 104 Å². The number of rotatable bonds is 26. The topological polar surface area (TPSA) is 122 Å². The van der Waals surface area contributed by atoms with E-state index in [1.54, 1.807) is 11.8 Å². The molecule has 222 valence electrons. The van der Waals surface area contributed by atoms with Crippen LogP contribution in [0.3, 0.4) is 0 Å². The molecule has 0 aliphatic carbocycles. The monoisotopic (exact) mass is 558 g/mol. The minimum Gasteiger partial charge on any atom is -0.481 e. The standard InChI is InChI=1S/C29H54N2O6S/c1-4-5-6-7-8-9-10-11-12-13-14-15-16-17-18-19-22-38-23-26(30-24(2)32)28(35)31-25(29(36)37-3)20-21-27(33)34/h25-26H,4-23H2,1-3H3,(H,30,32)(H,31,35)(H,33,34)/t25-,26+/m0/s1. The average Bonchev–Trinajstić information content (AvgIpc) is 2.88. The molecule has 0 aliphatic heterocycles. The van der Waals surface area contributed by atoms with Crippen molar-refractivity contribution in [2.75, 3.05) is 18.6 Å². The zero-order valence-corrected chi connectivity index (χ0v) is 25.0. The summed E-state index contributed by atoms with van der Waals surface area (Å²) in [7, 11) is 1.18. The van der Waals surface area contributed by atoms with Gasteiger partial charge in [-0.3, -0.25) is 14.4 Å². The van der Waals surface area contributed by atoms with Gasteiger partial charge >= 0.3 is 11.9 Å². The van der Waals surface area contributed by atoms with Crippen LogP contribution in [0.4, 0.5) is 0 Å². The average molecular weight is 559 g/mol. The van der Waals surface area contributed by atoms with Gasteiger partial charge in [0.15, 0.2) is 0 Å². The Morgan fingerprint density at radius 1 is 0.737 bits per heavy atom. The molecule has 0 aromatic carbocycles. The second-order valence-corrected chi connectivity index (χ2v) is 11.3. The van der Waals surface area contributed by atoms with Crippen LogP contribution in [0.25, 0.3) is 0 Å². The van der Waals surface area contributed by atoms with Gasteiger partial charge in [0.1, 0.15) is 12.1 Å². The molecule has 38 heavy (non-hydrogen) atoms. The molecule has 0 unspecified atom stereocenters. The van der Waals surface area contributed by atoms with Gasteiger partial charge in [0.05, 0.1) is 7.11 Å². The van der Waals surface area contributed by atoms with Crippen LogP contribution < -0.4 is 10.6 Å². The van der Waals surface area contributed by atoms with Crippen molar-refractivity contribution in [2.24, 2.45) is 0 Å². The molecular formula is C29H54N2O6S. The third kappa shape index (κ3) is 22.2. The number of hydrogen-bond donors (Lipinski definition) is 3. The van der Waals surface area contributed by atoms with Crippen molar-refractivity contribution in [1.82, 2.24) is 10.6 Å². The summed E-state index contributed by atoms with van der Waals surface area (Å²) < 4.78 is 4.67. The van der Waals surface area contributed by atoms with E-state index >= 15 is 0 Å². The van der Waals surface area contributed by atoms with Gasteiger partial charge in [-0.05, 0) is 18.6 Å². The highest BCUT2D eigenvalue weighted by Crippen LogP contribution is 2.15. The molecule has 0 rings (SSSR count). The third-order valence-corrected chi connectivity index (χ3v) is 7.72. The van der Waals surface area contributed by atoms with E-state index in [0.29, 0.717) is 5.75 Å². The van der Waals surface area contributed by atoms with E-state index in [-0.39, 0.29) is 18.7 Å². The Morgan fingerprint density at radius 2 is 1.21 bits per heavy atom. The number of carboxylic acids is 1. The first-order valence-electron chi connectivity index (χ1n) is 14.8. The molecule has 2 atom stereocenters. The van der Waals surface area contributed by atoms with Crippen LogP contribution in [0.1, 0.15) is 129 Å². The molecule has 3 N–H and O–H groups in total. The Balaban J connectivity index is 3.94. The Morgan fingerprint density at radius 3 is 1.63 bits per heavy atom. The fourth-order valence-corrected chi connectivity index (χ4v) is 5.36. The number of nitrogens with one attached hydrogen (secondary N) is 2. The smallest absolute Gasteiger partial charge is 0.328 e. The summed E-state index contributed by atoms with van der Waals surface area (Å²) in [6.07, 6.45) is 20.8. The van der Waals surface area contributed by atoms with Crippen molar-refractivity contribution in [3.63, 3.8) is 0 Å². The van der Waals surface area contributed by atoms with Crippen LogP contribution in [0.2, 0.25) is 0 Å². The summed E-state index contributed by atoms with van der Waals surface area (Å²) in [6.45, 7) is 3.60. The zero-order chi connectivity index (χ0) is 28.4. The maximum atomic E-state index is 12.7. The second kappa shape index (κ2) is 25.5. The fraction of sp³-hybridized carbons (Fsp3) is 0.862. The third-order valence-electron chi connectivity index (χ3n) is 6.57. The summed E-state index contributed by atoms with van der Waals surface area (Å²) in [4.78, 5) is 47.0. The predicted molar refractivity (Wildman–Crippen MR) is 155 cm³/mol. The van der Waals surface area contributed by atoms with Gasteiger partial charge in [0.2, 0.25) is 11.8 Å². The van der Waals surface area contributed by atoms with Gasteiger partial charge in [-0.1, -0.05) is 103 Å². The lowest BCUT2D eigenvalue weighted by Crippen LogP contribution is -2.52. The molecule has 0 spiro atoms. The highest BCUT2D eigenvalue weighted by molar-refractivity contribution is 7.99. The van der Waals surface area contributed by atoms with Gasteiger partial charge in [0.25, 0.3) is 0 Å². The largest absolute Gasteiger partial charge is 0.481 e. The summed E-state index contributed by atoms with van der Waals surface area (Å²) in [6, 6.07) is -1.86. The number of aliphatic carboxylic acids is 1. The molecule has 0 saturated carbocycles. The van der Waals surface area contributed by atoms with Gasteiger partial charge < -0.3 is 20.5 Å².